The molecule has 1 rings (SSSR count). The molecule has 0 saturated carbocycles. The van der Waals surface area contributed by atoms with Gasteiger partial charge in [0.05, 0.1) is 6.42 Å². The minimum Gasteiger partial charge on any atom is -0.481 e. The zero-order chi connectivity index (χ0) is 12.4. The van der Waals surface area contributed by atoms with Crippen LogP contribution in [0.4, 0.5) is 0 Å². The van der Waals surface area contributed by atoms with Gasteiger partial charge in [0, 0.05) is 23.3 Å². The average Bonchev–Trinajstić information content (AvgIpc) is 2.16. The Labute approximate surface area is 95.5 Å². The van der Waals surface area contributed by atoms with Crippen molar-refractivity contribution in [2.45, 2.75) is 38.1 Å². The van der Waals surface area contributed by atoms with Crippen LogP contribution >= 0.6 is 0 Å². The van der Waals surface area contributed by atoms with Gasteiger partial charge in [-0.3, -0.25) is 9.78 Å². The Morgan fingerprint density at radius 3 is 2.25 bits per heavy atom. The van der Waals surface area contributed by atoms with Gasteiger partial charge >= 0.3 is 5.97 Å². The second-order valence-electron chi connectivity index (χ2n) is 4.86. The smallest absolute Gasteiger partial charge is 0.304 e. The van der Waals surface area contributed by atoms with Gasteiger partial charge in [-0.15, -0.1) is 0 Å². The van der Waals surface area contributed by atoms with Gasteiger partial charge in [-0.25, -0.2) is 0 Å². The minimum absolute atomic E-state index is 0.000509. The molecule has 0 aliphatic rings. The normalized spacial score (nSPS) is 15.5. The highest BCUT2D eigenvalue weighted by molar-refractivity contribution is 5.69. The number of nitrogens with two attached hydrogens (primary N) is 1. The molecular formula is C12H18N2O2. The minimum atomic E-state index is -0.849. The first-order chi connectivity index (χ1) is 7.27. The van der Waals surface area contributed by atoms with E-state index in [2.05, 4.69) is 4.98 Å². The molecular weight excluding hydrogens is 204 g/mol. The summed E-state index contributed by atoms with van der Waals surface area (Å²) < 4.78 is 0. The Bertz CT molecular complexity index is 370. The van der Waals surface area contributed by atoms with Gasteiger partial charge in [0.2, 0.25) is 0 Å². The van der Waals surface area contributed by atoms with Gasteiger partial charge in [-0.1, -0.05) is 6.92 Å². The first-order valence-electron chi connectivity index (χ1n) is 5.18. The van der Waals surface area contributed by atoms with Crippen molar-refractivity contribution in [3.63, 3.8) is 0 Å². The third-order valence-corrected chi connectivity index (χ3v) is 3.24. The molecule has 1 aromatic rings. The summed E-state index contributed by atoms with van der Waals surface area (Å²) in [5.41, 5.74) is 5.78. The third kappa shape index (κ3) is 2.39. The molecule has 16 heavy (non-hydrogen) atoms. The van der Waals surface area contributed by atoms with E-state index in [1.165, 1.54) is 0 Å². The fraction of sp³-hybridized carbons (Fsp3) is 0.500. The molecule has 0 aliphatic carbocycles. The van der Waals surface area contributed by atoms with Gasteiger partial charge in [-0.05, 0) is 31.5 Å². The molecule has 1 heterocycles. The summed E-state index contributed by atoms with van der Waals surface area (Å²) in [4.78, 5) is 14.9. The predicted molar refractivity (Wildman–Crippen MR) is 62.1 cm³/mol. The second-order valence-corrected chi connectivity index (χ2v) is 4.86. The second kappa shape index (κ2) is 4.22. The van der Waals surface area contributed by atoms with E-state index in [-0.39, 0.29) is 6.42 Å². The number of hydrogen-bond acceptors (Lipinski definition) is 3. The van der Waals surface area contributed by atoms with Crippen LogP contribution in [0.15, 0.2) is 24.5 Å². The van der Waals surface area contributed by atoms with Crippen LogP contribution in [0, 0.1) is 0 Å². The van der Waals surface area contributed by atoms with Crippen molar-refractivity contribution in [3.8, 4) is 0 Å². The summed E-state index contributed by atoms with van der Waals surface area (Å²) in [7, 11) is 0. The molecule has 4 nitrogen and oxygen atoms in total. The number of rotatable bonds is 4. The number of hydrogen-bond donors (Lipinski definition) is 2. The summed E-state index contributed by atoms with van der Waals surface area (Å²) in [6, 6.07) is 3.63. The standard InChI is InChI=1S/C12H18N2O2/c1-11(2,13)12(3,8-10(15)16)9-4-6-14-7-5-9/h4-7H,8,13H2,1-3H3,(H,15,16). The monoisotopic (exact) mass is 222 g/mol. The lowest BCUT2D eigenvalue weighted by Gasteiger charge is -2.41. The van der Waals surface area contributed by atoms with Crippen molar-refractivity contribution in [1.82, 2.24) is 4.98 Å². The van der Waals surface area contributed by atoms with Gasteiger partial charge in [0.25, 0.3) is 0 Å². The van der Waals surface area contributed by atoms with Crippen LogP contribution in [0.5, 0.6) is 0 Å². The van der Waals surface area contributed by atoms with Crippen LogP contribution in [-0.4, -0.2) is 21.6 Å². The number of aliphatic carboxylic acids is 1. The molecule has 1 aromatic heterocycles. The molecule has 0 fully saturated rings. The first-order valence-corrected chi connectivity index (χ1v) is 5.18. The van der Waals surface area contributed by atoms with E-state index >= 15 is 0 Å². The number of carbonyl (C=O) groups is 1. The molecule has 4 heteroatoms. The van der Waals surface area contributed by atoms with Gasteiger partial charge < -0.3 is 10.8 Å². The van der Waals surface area contributed by atoms with Gasteiger partial charge in [-0.2, -0.15) is 0 Å². The molecule has 0 saturated heterocycles. The van der Waals surface area contributed by atoms with E-state index in [9.17, 15) is 4.79 Å². The van der Waals surface area contributed by atoms with E-state index in [4.69, 9.17) is 10.8 Å². The van der Waals surface area contributed by atoms with E-state index in [0.717, 1.165) is 5.56 Å². The van der Waals surface area contributed by atoms with E-state index in [0.29, 0.717) is 0 Å². The predicted octanol–water partition coefficient (Wildman–Crippen LogP) is 1.55. The van der Waals surface area contributed by atoms with Crippen molar-refractivity contribution >= 4 is 5.97 Å². The lowest BCUT2D eigenvalue weighted by Crippen LogP contribution is -2.53. The Morgan fingerprint density at radius 1 is 1.38 bits per heavy atom. The van der Waals surface area contributed by atoms with Crippen LogP contribution in [0.2, 0.25) is 0 Å². The maximum absolute atomic E-state index is 11.0. The summed E-state index contributed by atoms with van der Waals surface area (Å²) in [6.45, 7) is 5.56. The average molecular weight is 222 g/mol. The molecule has 0 bridgehead atoms. The molecule has 1 atom stereocenters. The van der Waals surface area contributed by atoms with E-state index < -0.39 is 16.9 Å². The highest BCUT2D eigenvalue weighted by Crippen LogP contribution is 2.36. The Kier molecular flexibility index (Phi) is 3.33. The molecule has 0 spiro atoms. The molecule has 0 aliphatic heterocycles. The Balaban J connectivity index is 3.21. The summed E-state index contributed by atoms with van der Waals surface area (Å²) in [5.74, 6) is -0.849. The fourth-order valence-corrected chi connectivity index (χ4v) is 1.72. The number of pyridine rings is 1. The number of aromatic nitrogens is 1. The number of nitrogens with zero attached hydrogens (tertiary/aromatic N) is 1. The van der Waals surface area contributed by atoms with Crippen LogP contribution in [0.3, 0.4) is 0 Å². The van der Waals surface area contributed by atoms with Crippen molar-refractivity contribution in [2.75, 3.05) is 0 Å². The summed E-state index contributed by atoms with van der Waals surface area (Å²) in [5, 5.41) is 9.00. The zero-order valence-corrected chi connectivity index (χ0v) is 9.90. The fourth-order valence-electron chi connectivity index (χ4n) is 1.72. The van der Waals surface area contributed by atoms with Crippen LogP contribution < -0.4 is 5.73 Å². The van der Waals surface area contributed by atoms with E-state index in [1.54, 1.807) is 12.4 Å². The molecule has 3 N–H and O–H groups in total. The lowest BCUT2D eigenvalue weighted by atomic mass is 9.67. The summed E-state index contributed by atoms with van der Waals surface area (Å²) >= 11 is 0. The maximum Gasteiger partial charge on any atom is 0.304 e. The van der Waals surface area contributed by atoms with Crippen LogP contribution in [0.25, 0.3) is 0 Å². The summed E-state index contributed by atoms with van der Waals surface area (Å²) in [6.07, 6.45) is 3.31. The largest absolute Gasteiger partial charge is 0.481 e. The molecule has 88 valence electrons. The molecule has 0 aromatic carbocycles. The lowest BCUT2D eigenvalue weighted by molar-refractivity contribution is -0.139. The maximum atomic E-state index is 11.0. The molecule has 0 amide bonds. The first kappa shape index (κ1) is 12.6. The highest BCUT2D eigenvalue weighted by atomic mass is 16.4. The Hall–Kier alpha value is -1.42. The van der Waals surface area contributed by atoms with Gasteiger partial charge in [0.1, 0.15) is 0 Å². The SMILES string of the molecule is CC(C)(N)C(C)(CC(=O)O)c1ccncc1. The third-order valence-electron chi connectivity index (χ3n) is 3.24. The highest BCUT2D eigenvalue weighted by Gasteiger charge is 2.41. The van der Waals surface area contributed by atoms with Crippen LogP contribution in [0.1, 0.15) is 32.8 Å². The van der Waals surface area contributed by atoms with Crippen molar-refractivity contribution in [1.29, 1.82) is 0 Å². The van der Waals surface area contributed by atoms with Gasteiger partial charge in [0.15, 0.2) is 0 Å². The quantitative estimate of drug-likeness (QED) is 0.810. The van der Waals surface area contributed by atoms with Crippen LogP contribution in [-0.2, 0) is 10.2 Å². The van der Waals surface area contributed by atoms with Crippen molar-refractivity contribution < 1.29 is 9.90 Å². The number of carboxylic acids is 1. The zero-order valence-electron chi connectivity index (χ0n) is 9.90. The number of carboxylic acid groups (broad SMARTS) is 1. The molecule has 1 unspecified atom stereocenters. The van der Waals surface area contributed by atoms with Crippen molar-refractivity contribution in [3.05, 3.63) is 30.1 Å². The Morgan fingerprint density at radius 2 is 1.88 bits per heavy atom. The van der Waals surface area contributed by atoms with Crippen molar-refractivity contribution in [2.24, 2.45) is 5.73 Å². The topological polar surface area (TPSA) is 76.2 Å². The van der Waals surface area contributed by atoms with E-state index in [1.807, 2.05) is 32.9 Å². The molecule has 0 radical (unpaired) electrons.